The van der Waals surface area contributed by atoms with Gasteiger partial charge in [-0.25, -0.2) is 13.1 Å². The van der Waals surface area contributed by atoms with E-state index < -0.39 is 16.0 Å². The molecule has 1 rings (SSSR count). The lowest BCUT2D eigenvalue weighted by Gasteiger charge is -2.15. The highest BCUT2D eigenvalue weighted by Crippen LogP contribution is 2.14. The molecule has 1 heterocycles. The predicted octanol–water partition coefficient (Wildman–Crippen LogP) is 0.350. The average molecular weight is 320 g/mol. The van der Waals surface area contributed by atoms with E-state index in [0.717, 1.165) is 11.3 Å². The molecule has 20 heavy (non-hydrogen) atoms. The summed E-state index contributed by atoms with van der Waals surface area (Å²) in [5, 5.41) is 10.2. The number of carbonyl (C=O) groups excluding carboxylic acids is 1. The number of carboxylic acid groups (broad SMARTS) is 1. The third-order valence-electron chi connectivity index (χ3n) is 2.48. The monoisotopic (exact) mass is 320 g/mol. The predicted molar refractivity (Wildman–Crippen MR) is 74.0 cm³/mol. The Labute approximate surface area is 121 Å². The van der Waals surface area contributed by atoms with Gasteiger partial charge in [0.25, 0.3) is 0 Å². The van der Waals surface area contributed by atoms with E-state index in [2.05, 4.69) is 4.72 Å². The lowest BCUT2D eigenvalue weighted by Crippen LogP contribution is -2.33. The van der Waals surface area contributed by atoms with E-state index in [4.69, 9.17) is 5.11 Å². The third kappa shape index (κ3) is 5.27. The second kappa shape index (κ2) is 7.36. The molecule has 9 heteroatoms. The summed E-state index contributed by atoms with van der Waals surface area (Å²) in [4.78, 5) is 23.3. The number of hydrogen-bond donors (Lipinski definition) is 2. The van der Waals surface area contributed by atoms with Crippen molar-refractivity contribution in [2.75, 3.05) is 20.1 Å². The molecule has 7 nitrogen and oxygen atoms in total. The van der Waals surface area contributed by atoms with Crippen molar-refractivity contribution in [2.45, 2.75) is 17.1 Å². The number of nitrogens with one attached hydrogen (secondary N) is 1. The highest BCUT2D eigenvalue weighted by atomic mass is 32.2. The minimum atomic E-state index is -3.56. The first-order valence-electron chi connectivity index (χ1n) is 5.82. The topological polar surface area (TPSA) is 104 Å². The molecule has 0 fully saturated rings. The summed E-state index contributed by atoms with van der Waals surface area (Å²) >= 11 is 1.10. The van der Waals surface area contributed by atoms with Gasteiger partial charge >= 0.3 is 5.97 Å². The van der Waals surface area contributed by atoms with Crippen LogP contribution in [0.1, 0.15) is 12.8 Å². The normalized spacial score (nSPS) is 11.2. The standard InChI is InChI=1S/C11H16N2O5S2/c1-13(7-5-10(15)16)9(14)4-6-12-20(17,18)11-3-2-8-19-11/h2-3,8,12H,4-7H2,1H3,(H,15,16). The number of carboxylic acids is 1. The molecule has 112 valence electrons. The summed E-state index contributed by atoms with van der Waals surface area (Å²) in [5.41, 5.74) is 0. The zero-order chi connectivity index (χ0) is 15.2. The van der Waals surface area contributed by atoms with Crippen molar-refractivity contribution in [1.82, 2.24) is 9.62 Å². The fourth-order valence-electron chi connectivity index (χ4n) is 1.36. The first-order chi connectivity index (χ1) is 9.33. The van der Waals surface area contributed by atoms with Gasteiger partial charge in [-0.2, -0.15) is 0 Å². The van der Waals surface area contributed by atoms with Crippen molar-refractivity contribution in [3.05, 3.63) is 17.5 Å². The van der Waals surface area contributed by atoms with Crippen molar-refractivity contribution in [1.29, 1.82) is 0 Å². The maximum absolute atomic E-state index is 11.8. The van der Waals surface area contributed by atoms with Crippen LogP contribution in [0.3, 0.4) is 0 Å². The van der Waals surface area contributed by atoms with Gasteiger partial charge in [-0.05, 0) is 11.4 Å². The van der Waals surface area contributed by atoms with Gasteiger partial charge in [0.15, 0.2) is 0 Å². The van der Waals surface area contributed by atoms with Crippen LogP contribution in [0.15, 0.2) is 21.7 Å². The van der Waals surface area contributed by atoms with Crippen molar-refractivity contribution >= 4 is 33.2 Å². The van der Waals surface area contributed by atoms with Gasteiger partial charge in [-0.1, -0.05) is 6.07 Å². The molecule has 1 aromatic heterocycles. The molecule has 0 radical (unpaired) electrons. The zero-order valence-electron chi connectivity index (χ0n) is 10.9. The van der Waals surface area contributed by atoms with Gasteiger partial charge in [0.05, 0.1) is 6.42 Å². The molecule has 0 aliphatic heterocycles. The minimum absolute atomic E-state index is 0.0132. The lowest BCUT2D eigenvalue weighted by atomic mass is 10.3. The van der Waals surface area contributed by atoms with Crippen LogP contribution >= 0.6 is 11.3 Å². The number of nitrogens with zero attached hydrogens (tertiary/aromatic N) is 1. The molecule has 1 aromatic rings. The molecule has 0 spiro atoms. The Balaban J connectivity index is 2.37. The first-order valence-corrected chi connectivity index (χ1v) is 8.18. The molecule has 2 N–H and O–H groups in total. The summed E-state index contributed by atoms with van der Waals surface area (Å²) in [5.74, 6) is -1.29. The SMILES string of the molecule is CN(CCC(=O)O)C(=O)CCNS(=O)(=O)c1cccs1. The maximum Gasteiger partial charge on any atom is 0.305 e. The van der Waals surface area contributed by atoms with Gasteiger partial charge in [-0.15, -0.1) is 11.3 Å². The smallest absolute Gasteiger partial charge is 0.305 e. The highest BCUT2D eigenvalue weighted by molar-refractivity contribution is 7.91. The van der Waals surface area contributed by atoms with Crippen molar-refractivity contribution in [3.63, 3.8) is 0 Å². The molecule has 0 aliphatic carbocycles. The molecule has 0 saturated heterocycles. The third-order valence-corrected chi connectivity index (χ3v) is 5.34. The molecule has 0 bridgehead atoms. The van der Waals surface area contributed by atoms with Gasteiger partial charge in [0.1, 0.15) is 4.21 Å². The number of carbonyl (C=O) groups is 2. The molecular formula is C11H16N2O5S2. The number of amides is 1. The number of sulfonamides is 1. The molecule has 0 unspecified atom stereocenters. The molecule has 0 atom stereocenters. The summed E-state index contributed by atoms with van der Waals surface area (Å²) in [6, 6.07) is 3.11. The summed E-state index contributed by atoms with van der Waals surface area (Å²) in [6.45, 7) is 0.0856. The number of aliphatic carboxylic acids is 1. The Kier molecular flexibility index (Phi) is 6.11. The zero-order valence-corrected chi connectivity index (χ0v) is 12.5. The van der Waals surface area contributed by atoms with Crippen LogP contribution < -0.4 is 4.72 Å². The van der Waals surface area contributed by atoms with E-state index in [1.165, 1.54) is 18.0 Å². The quantitative estimate of drug-likeness (QED) is 0.719. The van der Waals surface area contributed by atoms with Crippen molar-refractivity contribution in [2.24, 2.45) is 0 Å². The van der Waals surface area contributed by atoms with Crippen LogP contribution in [-0.4, -0.2) is 50.4 Å². The van der Waals surface area contributed by atoms with Crippen molar-refractivity contribution < 1.29 is 23.1 Å². The lowest BCUT2D eigenvalue weighted by molar-refractivity contribution is -0.138. The minimum Gasteiger partial charge on any atom is -0.481 e. The Morgan fingerprint density at radius 1 is 1.40 bits per heavy atom. The fourth-order valence-corrected chi connectivity index (χ4v) is 3.43. The van der Waals surface area contributed by atoms with Crippen molar-refractivity contribution in [3.8, 4) is 0 Å². The van der Waals surface area contributed by atoms with E-state index in [1.54, 1.807) is 11.4 Å². The van der Waals surface area contributed by atoms with Crippen LogP contribution in [-0.2, 0) is 19.6 Å². The van der Waals surface area contributed by atoms with Gasteiger partial charge in [0, 0.05) is 26.6 Å². The van der Waals surface area contributed by atoms with E-state index in [-0.39, 0.29) is 36.0 Å². The highest BCUT2D eigenvalue weighted by Gasteiger charge is 2.16. The molecule has 0 aromatic carbocycles. The van der Waals surface area contributed by atoms with Gasteiger partial charge in [-0.3, -0.25) is 9.59 Å². The van der Waals surface area contributed by atoms with E-state index >= 15 is 0 Å². The summed E-state index contributed by atoms with van der Waals surface area (Å²) < 4.78 is 26.0. The Hall–Kier alpha value is -1.45. The molecule has 1 amide bonds. The van der Waals surface area contributed by atoms with Crippen LogP contribution in [0.25, 0.3) is 0 Å². The van der Waals surface area contributed by atoms with E-state index in [0.29, 0.717) is 0 Å². The largest absolute Gasteiger partial charge is 0.481 e. The maximum atomic E-state index is 11.8. The van der Waals surface area contributed by atoms with Crippen LogP contribution in [0, 0.1) is 0 Å². The molecule has 0 aliphatic rings. The van der Waals surface area contributed by atoms with Gasteiger partial charge < -0.3 is 10.0 Å². The van der Waals surface area contributed by atoms with E-state index in [1.807, 2.05) is 0 Å². The number of hydrogen-bond acceptors (Lipinski definition) is 5. The summed E-state index contributed by atoms with van der Waals surface area (Å²) in [6.07, 6.45) is -0.149. The first kappa shape index (κ1) is 16.6. The Morgan fingerprint density at radius 3 is 2.65 bits per heavy atom. The van der Waals surface area contributed by atoms with Crippen LogP contribution in [0.5, 0.6) is 0 Å². The number of rotatable bonds is 8. The Bertz CT molecular complexity index is 553. The molecule has 0 saturated carbocycles. The van der Waals surface area contributed by atoms with Gasteiger partial charge in [0.2, 0.25) is 15.9 Å². The molecular weight excluding hydrogens is 304 g/mol. The van der Waals surface area contributed by atoms with E-state index in [9.17, 15) is 18.0 Å². The number of thiophene rings is 1. The second-order valence-corrected chi connectivity index (χ2v) is 6.98. The second-order valence-electron chi connectivity index (χ2n) is 4.04. The van der Waals surface area contributed by atoms with Crippen LogP contribution in [0.4, 0.5) is 0 Å². The fraction of sp³-hybridized carbons (Fsp3) is 0.455. The Morgan fingerprint density at radius 2 is 2.10 bits per heavy atom. The van der Waals surface area contributed by atoms with Crippen LogP contribution in [0.2, 0.25) is 0 Å². The summed E-state index contributed by atoms with van der Waals surface area (Å²) in [7, 11) is -2.08. The average Bonchev–Trinajstić information content (AvgIpc) is 2.90.